The van der Waals surface area contributed by atoms with Gasteiger partial charge in [-0.2, -0.15) is 0 Å². The molecule has 0 aliphatic rings. The van der Waals surface area contributed by atoms with Crippen LogP contribution in [-0.4, -0.2) is 4.57 Å². The summed E-state index contributed by atoms with van der Waals surface area (Å²) in [6.07, 6.45) is 0. The maximum absolute atomic E-state index is 12.5. The summed E-state index contributed by atoms with van der Waals surface area (Å²) in [5.74, 6) is 0. The summed E-state index contributed by atoms with van der Waals surface area (Å²) in [6, 6.07) is 5.65. The van der Waals surface area contributed by atoms with E-state index in [0.29, 0.717) is 12.1 Å². The second kappa shape index (κ2) is 5.08. The predicted octanol–water partition coefficient (Wildman–Crippen LogP) is 2.59. The van der Waals surface area contributed by atoms with Crippen LogP contribution in [-0.2, 0) is 6.54 Å². The lowest BCUT2D eigenvalue weighted by molar-refractivity contribution is 0.676. The summed E-state index contributed by atoms with van der Waals surface area (Å²) in [5, 5.41) is 1.98. The number of aromatic nitrogens is 1. The molecule has 2 heterocycles. The molecule has 0 bridgehead atoms. The van der Waals surface area contributed by atoms with Crippen molar-refractivity contribution in [3.05, 3.63) is 55.6 Å². The van der Waals surface area contributed by atoms with Crippen LogP contribution in [0.5, 0.6) is 0 Å². The Labute approximate surface area is 111 Å². The number of rotatable bonds is 3. The van der Waals surface area contributed by atoms with Crippen LogP contribution in [0.15, 0.2) is 28.4 Å². The first-order valence-corrected chi connectivity index (χ1v) is 6.94. The van der Waals surface area contributed by atoms with Gasteiger partial charge in [-0.15, -0.1) is 11.3 Å². The number of nitrogens with two attached hydrogens (primary N) is 1. The van der Waals surface area contributed by atoms with Crippen LogP contribution >= 0.6 is 11.3 Å². The summed E-state index contributed by atoms with van der Waals surface area (Å²) in [4.78, 5) is 13.5. The number of hydrogen-bond acceptors (Lipinski definition) is 3. The van der Waals surface area contributed by atoms with E-state index in [4.69, 9.17) is 5.73 Å². The molecule has 96 valence electrons. The zero-order chi connectivity index (χ0) is 13.3. The smallest absolute Gasteiger partial charge is 0.256 e. The van der Waals surface area contributed by atoms with Gasteiger partial charge in [0.05, 0.1) is 6.04 Å². The second-order valence-corrected chi connectivity index (χ2v) is 5.40. The van der Waals surface area contributed by atoms with Gasteiger partial charge < -0.3 is 10.3 Å². The summed E-state index contributed by atoms with van der Waals surface area (Å²) < 4.78 is 1.77. The predicted molar refractivity (Wildman–Crippen MR) is 76.2 cm³/mol. The molecule has 0 radical (unpaired) electrons. The van der Waals surface area contributed by atoms with Gasteiger partial charge in [0.15, 0.2) is 0 Å². The van der Waals surface area contributed by atoms with Crippen LogP contribution in [0.3, 0.4) is 0 Å². The molecule has 0 fully saturated rings. The highest BCUT2D eigenvalue weighted by molar-refractivity contribution is 7.10. The Morgan fingerprint density at radius 2 is 2.17 bits per heavy atom. The average Bonchev–Trinajstić information content (AvgIpc) is 2.81. The van der Waals surface area contributed by atoms with Crippen LogP contribution in [0, 0.1) is 13.8 Å². The first-order valence-electron chi connectivity index (χ1n) is 6.06. The molecule has 0 saturated carbocycles. The first kappa shape index (κ1) is 13.1. The van der Waals surface area contributed by atoms with Gasteiger partial charge in [-0.1, -0.05) is 6.07 Å². The lowest BCUT2D eigenvalue weighted by Crippen LogP contribution is -2.30. The molecule has 4 heteroatoms. The van der Waals surface area contributed by atoms with E-state index in [9.17, 15) is 4.79 Å². The topological polar surface area (TPSA) is 48.0 Å². The van der Waals surface area contributed by atoms with E-state index in [2.05, 4.69) is 0 Å². The van der Waals surface area contributed by atoms with Crippen molar-refractivity contribution in [1.82, 2.24) is 4.57 Å². The Balaban J connectivity index is 2.61. The van der Waals surface area contributed by atoms with Crippen molar-refractivity contribution in [1.29, 1.82) is 0 Å². The fraction of sp³-hybridized carbons (Fsp3) is 0.357. The van der Waals surface area contributed by atoms with Gasteiger partial charge >= 0.3 is 0 Å². The third kappa shape index (κ3) is 2.13. The van der Waals surface area contributed by atoms with Crippen LogP contribution in [0.25, 0.3) is 0 Å². The lowest BCUT2D eigenvalue weighted by atomic mass is 10.0. The molecule has 0 spiro atoms. The van der Waals surface area contributed by atoms with E-state index in [1.165, 1.54) is 0 Å². The molecule has 0 saturated heterocycles. The van der Waals surface area contributed by atoms with E-state index in [1.54, 1.807) is 15.9 Å². The minimum atomic E-state index is -0.323. The van der Waals surface area contributed by atoms with E-state index < -0.39 is 0 Å². The molecule has 2 N–H and O–H groups in total. The zero-order valence-electron chi connectivity index (χ0n) is 10.9. The second-order valence-electron chi connectivity index (χ2n) is 4.42. The molecule has 2 aromatic rings. The molecule has 0 aliphatic heterocycles. The molecule has 0 aliphatic carbocycles. The van der Waals surface area contributed by atoms with Crippen molar-refractivity contribution >= 4 is 11.3 Å². The largest absolute Gasteiger partial charge is 0.319 e. The first-order chi connectivity index (χ1) is 8.56. The lowest BCUT2D eigenvalue weighted by Gasteiger charge is -2.17. The van der Waals surface area contributed by atoms with Crippen molar-refractivity contribution in [2.24, 2.45) is 5.73 Å². The number of nitrogens with zero attached hydrogens (tertiary/aromatic N) is 1. The van der Waals surface area contributed by atoms with Crippen molar-refractivity contribution in [2.75, 3.05) is 0 Å². The average molecular weight is 262 g/mol. The van der Waals surface area contributed by atoms with Gasteiger partial charge in [0.1, 0.15) is 0 Å². The molecule has 3 nitrogen and oxygen atoms in total. The minimum absolute atomic E-state index is 0.0379. The van der Waals surface area contributed by atoms with Gasteiger partial charge in [-0.05, 0) is 43.8 Å². The highest BCUT2D eigenvalue weighted by atomic mass is 32.1. The minimum Gasteiger partial charge on any atom is -0.319 e. The normalized spacial score (nSPS) is 12.7. The summed E-state index contributed by atoms with van der Waals surface area (Å²) in [7, 11) is 0. The van der Waals surface area contributed by atoms with Crippen molar-refractivity contribution in [3.8, 4) is 0 Å². The number of pyridine rings is 1. The van der Waals surface area contributed by atoms with Crippen LogP contribution in [0.2, 0.25) is 0 Å². The molecule has 1 unspecified atom stereocenters. The number of hydrogen-bond donors (Lipinski definition) is 1. The molecule has 2 aromatic heterocycles. The highest BCUT2D eigenvalue weighted by Gasteiger charge is 2.18. The Hall–Kier alpha value is -1.39. The molecule has 1 atom stereocenters. The Morgan fingerprint density at radius 3 is 2.72 bits per heavy atom. The van der Waals surface area contributed by atoms with Crippen LogP contribution < -0.4 is 11.3 Å². The summed E-state index contributed by atoms with van der Waals surface area (Å²) in [5.41, 5.74) is 8.95. The maximum atomic E-state index is 12.5. The molecule has 0 aromatic carbocycles. The highest BCUT2D eigenvalue weighted by Crippen LogP contribution is 2.24. The van der Waals surface area contributed by atoms with Crippen molar-refractivity contribution < 1.29 is 0 Å². The van der Waals surface area contributed by atoms with E-state index >= 15 is 0 Å². The van der Waals surface area contributed by atoms with Gasteiger partial charge in [0, 0.05) is 22.7 Å². The third-order valence-electron chi connectivity index (χ3n) is 3.23. The Morgan fingerprint density at radius 1 is 1.44 bits per heavy atom. The van der Waals surface area contributed by atoms with Gasteiger partial charge in [0.2, 0.25) is 0 Å². The Bertz CT molecular complexity index is 599. The quantitative estimate of drug-likeness (QED) is 0.924. The monoisotopic (exact) mass is 262 g/mol. The third-order valence-corrected chi connectivity index (χ3v) is 4.18. The summed E-state index contributed by atoms with van der Waals surface area (Å²) >= 11 is 1.59. The van der Waals surface area contributed by atoms with E-state index in [1.807, 2.05) is 44.4 Å². The molecule has 2 rings (SSSR count). The molecular formula is C14H18N2OS. The fourth-order valence-corrected chi connectivity index (χ4v) is 3.06. The van der Waals surface area contributed by atoms with E-state index in [0.717, 1.165) is 16.1 Å². The van der Waals surface area contributed by atoms with Crippen molar-refractivity contribution in [3.63, 3.8) is 0 Å². The van der Waals surface area contributed by atoms with Gasteiger partial charge in [-0.3, -0.25) is 4.79 Å². The number of aryl methyl sites for hydroxylation is 2. The van der Waals surface area contributed by atoms with Crippen molar-refractivity contribution in [2.45, 2.75) is 33.4 Å². The van der Waals surface area contributed by atoms with Crippen LogP contribution in [0.1, 0.15) is 34.7 Å². The van der Waals surface area contributed by atoms with Crippen LogP contribution in [0.4, 0.5) is 0 Å². The maximum Gasteiger partial charge on any atom is 0.256 e. The standard InChI is InChI=1S/C14H18N2OS/c1-4-16-10(3)8-9(2)12(14(16)17)13(15)11-6-5-7-18-11/h5-8,13H,4,15H2,1-3H3. The Kier molecular flexibility index (Phi) is 3.68. The van der Waals surface area contributed by atoms with Gasteiger partial charge in [0.25, 0.3) is 5.56 Å². The number of thiophene rings is 1. The van der Waals surface area contributed by atoms with E-state index in [-0.39, 0.29) is 11.6 Å². The zero-order valence-corrected chi connectivity index (χ0v) is 11.8. The molecular weight excluding hydrogens is 244 g/mol. The summed E-state index contributed by atoms with van der Waals surface area (Å²) in [6.45, 7) is 6.56. The fourth-order valence-electron chi connectivity index (χ4n) is 2.33. The molecule has 0 amide bonds. The van der Waals surface area contributed by atoms with Gasteiger partial charge in [-0.25, -0.2) is 0 Å². The molecule has 18 heavy (non-hydrogen) atoms. The SMILES string of the molecule is CCn1c(C)cc(C)c(C(N)c2cccs2)c1=O.